The molecule has 0 saturated carbocycles. The summed E-state index contributed by atoms with van der Waals surface area (Å²) in [6.07, 6.45) is 2.03. The summed E-state index contributed by atoms with van der Waals surface area (Å²) in [4.78, 5) is 17.1. The van der Waals surface area contributed by atoms with Crippen LogP contribution in [0.2, 0.25) is 0 Å². The van der Waals surface area contributed by atoms with E-state index in [1.54, 1.807) is 29.9 Å². The van der Waals surface area contributed by atoms with Crippen molar-refractivity contribution in [3.8, 4) is 11.5 Å². The van der Waals surface area contributed by atoms with E-state index in [0.29, 0.717) is 42.1 Å². The number of ether oxygens (including phenoxy) is 2. The van der Waals surface area contributed by atoms with Crippen molar-refractivity contribution < 1.29 is 14.3 Å². The molecule has 3 heterocycles. The number of rotatable bonds is 3. The molecule has 0 aliphatic carbocycles. The number of aryl methyl sites for hydroxylation is 1. The van der Waals surface area contributed by atoms with E-state index in [-0.39, 0.29) is 5.91 Å². The minimum atomic E-state index is -0.246. The van der Waals surface area contributed by atoms with E-state index in [2.05, 4.69) is 20.7 Å². The van der Waals surface area contributed by atoms with Crippen molar-refractivity contribution >= 4 is 11.9 Å². The first kappa shape index (κ1) is 15.9. The van der Waals surface area contributed by atoms with Gasteiger partial charge in [-0.3, -0.25) is 10.1 Å². The summed E-state index contributed by atoms with van der Waals surface area (Å²) in [6, 6.07) is 5.15. The average molecular weight is 343 g/mol. The Bertz CT molecular complexity index is 783. The van der Waals surface area contributed by atoms with Crippen molar-refractivity contribution in [3.63, 3.8) is 0 Å². The fourth-order valence-corrected chi connectivity index (χ4v) is 3.12. The second-order valence-corrected chi connectivity index (χ2v) is 6.25. The highest BCUT2D eigenvalue weighted by molar-refractivity contribution is 6.03. The zero-order chi connectivity index (χ0) is 17.2. The maximum atomic E-state index is 12.5. The molecule has 4 rings (SSSR count). The van der Waals surface area contributed by atoms with Crippen molar-refractivity contribution in [2.24, 2.45) is 7.05 Å². The van der Waals surface area contributed by atoms with Crippen molar-refractivity contribution in [1.82, 2.24) is 20.1 Å². The first-order valence-electron chi connectivity index (χ1n) is 8.53. The fraction of sp³-hybridized carbons (Fsp3) is 0.471. The highest BCUT2D eigenvalue weighted by Gasteiger charge is 2.22. The van der Waals surface area contributed by atoms with Crippen LogP contribution in [0.3, 0.4) is 0 Å². The molecule has 0 bridgehead atoms. The third-order valence-electron chi connectivity index (χ3n) is 4.51. The summed E-state index contributed by atoms with van der Waals surface area (Å²) in [5.41, 5.74) is 0.496. The lowest BCUT2D eigenvalue weighted by Crippen LogP contribution is -2.27. The molecule has 0 spiro atoms. The number of benzene rings is 1. The van der Waals surface area contributed by atoms with Crippen LogP contribution < -0.4 is 20.1 Å². The van der Waals surface area contributed by atoms with Crippen LogP contribution in [0.15, 0.2) is 18.2 Å². The molecular formula is C17H21N5O3. The Balaban J connectivity index is 1.50. The molecule has 8 heteroatoms. The lowest BCUT2D eigenvalue weighted by molar-refractivity contribution is 0.102. The van der Waals surface area contributed by atoms with E-state index in [0.717, 1.165) is 31.8 Å². The summed E-state index contributed by atoms with van der Waals surface area (Å²) in [5.74, 6) is 2.59. The average Bonchev–Trinajstić information content (AvgIpc) is 3.02. The number of amides is 1. The van der Waals surface area contributed by atoms with Gasteiger partial charge in [0.15, 0.2) is 17.3 Å². The minimum absolute atomic E-state index is 0.246. The van der Waals surface area contributed by atoms with Gasteiger partial charge in [0.2, 0.25) is 5.95 Å². The summed E-state index contributed by atoms with van der Waals surface area (Å²) in [7, 11) is 1.79. The van der Waals surface area contributed by atoms with E-state index in [1.807, 2.05) is 0 Å². The maximum absolute atomic E-state index is 12.5. The Morgan fingerprint density at radius 3 is 2.80 bits per heavy atom. The molecule has 2 N–H and O–H groups in total. The van der Waals surface area contributed by atoms with Gasteiger partial charge in [-0.15, -0.1) is 0 Å². The molecule has 0 radical (unpaired) electrons. The van der Waals surface area contributed by atoms with Gasteiger partial charge in [-0.2, -0.15) is 10.1 Å². The molecule has 2 aromatic rings. The summed E-state index contributed by atoms with van der Waals surface area (Å²) in [6.45, 7) is 2.96. The van der Waals surface area contributed by atoms with Crippen LogP contribution in [-0.4, -0.2) is 47.0 Å². The second-order valence-electron chi connectivity index (χ2n) is 6.25. The molecule has 132 valence electrons. The highest BCUT2D eigenvalue weighted by Crippen LogP contribution is 2.31. The van der Waals surface area contributed by atoms with Gasteiger partial charge in [0, 0.05) is 18.5 Å². The minimum Gasteiger partial charge on any atom is -0.486 e. The number of fused-ring (bicyclic) bond motifs is 1. The Morgan fingerprint density at radius 2 is 2.00 bits per heavy atom. The van der Waals surface area contributed by atoms with Crippen LogP contribution in [0.4, 0.5) is 5.95 Å². The number of aromatic nitrogens is 3. The molecule has 25 heavy (non-hydrogen) atoms. The van der Waals surface area contributed by atoms with E-state index in [9.17, 15) is 4.79 Å². The summed E-state index contributed by atoms with van der Waals surface area (Å²) < 4.78 is 12.6. The van der Waals surface area contributed by atoms with Crippen molar-refractivity contribution in [3.05, 3.63) is 29.6 Å². The van der Waals surface area contributed by atoms with Gasteiger partial charge in [0.25, 0.3) is 5.91 Å². The Kier molecular flexibility index (Phi) is 4.27. The lowest BCUT2D eigenvalue weighted by atomic mass is 9.98. The van der Waals surface area contributed by atoms with E-state index in [4.69, 9.17) is 9.47 Å². The van der Waals surface area contributed by atoms with Gasteiger partial charge in [-0.1, -0.05) is 0 Å². The second kappa shape index (κ2) is 6.72. The zero-order valence-corrected chi connectivity index (χ0v) is 14.1. The predicted octanol–water partition coefficient (Wildman–Crippen LogP) is 1.31. The third-order valence-corrected chi connectivity index (χ3v) is 4.51. The first-order chi connectivity index (χ1) is 12.2. The van der Waals surface area contributed by atoms with Crippen LogP contribution in [0.1, 0.15) is 34.9 Å². The van der Waals surface area contributed by atoms with Crippen LogP contribution in [0.5, 0.6) is 11.5 Å². The largest absolute Gasteiger partial charge is 0.486 e. The molecule has 1 amide bonds. The number of hydrogen-bond donors (Lipinski definition) is 2. The molecule has 8 nitrogen and oxygen atoms in total. The molecule has 1 aromatic carbocycles. The Hall–Kier alpha value is -2.61. The topological polar surface area (TPSA) is 90.3 Å². The van der Waals surface area contributed by atoms with Gasteiger partial charge >= 0.3 is 0 Å². The normalized spacial score (nSPS) is 17.3. The van der Waals surface area contributed by atoms with Gasteiger partial charge in [-0.25, -0.2) is 4.68 Å². The van der Waals surface area contributed by atoms with E-state index >= 15 is 0 Å². The number of hydrogen-bond acceptors (Lipinski definition) is 6. The fourth-order valence-electron chi connectivity index (χ4n) is 3.12. The number of carbonyl (C=O) groups is 1. The van der Waals surface area contributed by atoms with E-state index in [1.165, 1.54) is 0 Å². The molecular weight excluding hydrogens is 322 g/mol. The van der Waals surface area contributed by atoms with Crippen molar-refractivity contribution in [2.75, 3.05) is 31.6 Å². The smallest absolute Gasteiger partial charge is 0.258 e. The molecule has 0 unspecified atom stereocenters. The predicted molar refractivity (Wildman–Crippen MR) is 91.2 cm³/mol. The number of nitrogens with one attached hydrogen (secondary N) is 2. The van der Waals surface area contributed by atoms with Crippen LogP contribution >= 0.6 is 0 Å². The Morgan fingerprint density at radius 1 is 1.24 bits per heavy atom. The molecule has 0 atom stereocenters. The Labute approximate surface area is 145 Å². The lowest BCUT2D eigenvalue weighted by Gasteiger charge is -2.19. The standard InChI is InChI=1S/C17H21N5O3/c1-22-17(19-15(21-22)11-4-6-18-7-5-11)20-16(23)12-2-3-13-14(10-12)25-9-8-24-13/h2-3,10-11,18H,4-9H2,1H3,(H,19,20,21,23). The maximum Gasteiger partial charge on any atom is 0.258 e. The van der Waals surface area contributed by atoms with Gasteiger partial charge in [0.1, 0.15) is 13.2 Å². The van der Waals surface area contributed by atoms with Crippen LogP contribution in [0.25, 0.3) is 0 Å². The van der Waals surface area contributed by atoms with Crippen LogP contribution in [0, 0.1) is 0 Å². The van der Waals surface area contributed by atoms with Crippen LogP contribution in [-0.2, 0) is 7.05 Å². The molecule has 2 aliphatic rings. The molecule has 2 aliphatic heterocycles. The number of piperidine rings is 1. The molecule has 1 aromatic heterocycles. The number of carbonyl (C=O) groups excluding carboxylic acids is 1. The molecule has 1 saturated heterocycles. The van der Waals surface area contributed by atoms with Gasteiger partial charge in [0.05, 0.1) is 0 Å². The van der Waals surface area contributed by atoms with Crippen molar-refractivity contribution in [2.45, 2.75) is 18.8 Å². The van der Waals surface area contributed by atoms with Crippen molar-refractivity contribution in [1.29, 1.82) is 0 Å². The summed E-state index contributed by atoms with van der Waals surface area (Å²) in [5, 5.41) is 10.6. The number of anilines is 1. The van der Waals surface area contributed by atoms with Gasteiger partial charge < -0.3 is 14.8 Å². The first-order valence-corrected chi connectivity index (χ1v) is 8.53. The SMILES string of the molecule is Cn1nc(C2CCNCC2)nc1NC(=O)c1ccc2c(c1)OCCO2. The monoisotopic (exact) mass is 343 g/mol. The quantitative estimate of drug-likeness (QED) is 0.873. The summed E-state index contributed by atoms with van der Waals surface area (Å²) >= 11 is 0. The highest BCUT2D eigenvalue weighted by atomic mass is 16.6. The van der Waals surface area contributed by atoms with E-state index < -0.39 is 0 Å². The third kappa shape index (κ3) is 3.30. The zero-order valence-electron chi connectivity index (χ0n) is 14.1. The molecule has 1 fully saturated rings. The number of nitrogens with zero attached hydrogens (tertiary/aromatic N) is 3. The van der Waals surface area contributed by atoms with Gasteiger partial charge in [-0.05, 0) is 44.1 Å².